The predicted octanol–water partition coefficient (Wildman–Crippen LogP) is 4.29. The minimum Gasteiger partial charge on any atom is -0.451 e. The number of benzene rings is 2. The Labute approximate surface area is 151 Å². The first-order valence-electron chi connectivity index (χ1n) is 8.93. The second-order valence-corrected chi connectivity index (χ2v) is 7.17. The van der Waals surface area contributed by atoms with Crippen LogP contribution < -0.4 is 10.7 Å². The van der Waals surface area contributed by atoms with Crippen molar-refractivity contribution in [3.05, 3.63) is 81.2 Å². The first-order valence-corrected chi connectivity index (χ1v) is 8.93. The van der Waals surface area contributed by atoms with E-state index >= 15 is 0 Å². The molecule has 1 atom stereocenters. The molecule has 0 spiro atoms. The Kier molecular flexibility index (Phi) is 4.11. The minimum atomic E-state index is -0.345. The lowest BCUT2D eigenvalue weighted by Gasteiger charge is -2.18. The highest BCUT2D eigenvalue weighted by molar-refractivity contribution is 5.93. The van der Waals surface area contributed by atoms with E-state index in [1.165, 1.54) is 11.6 Å². The monoisotopic (exact) mass is 347 g/mol. The second-order valence-electron chi connectivity index (χ2n) is 7.17. The summed E-state index contributed by atoms with van der Waals surface area (Å²) in [6.07, 6.45) is 2.19. The van der Waals surface area contributed by atoms with Crippen molar-refractivity contribution in [2.75, 3.05) is 0 Å². The minimum absolute atomic E-state index is 0.0536. The fourth-order valence-electron chi connectivity index (χ4n) is 3.27. The molecule has 1 N–H and O–H groups in total. The lowest BCUT2D eigenvalue weighted by molar-refractivity contribution is 0.0904. The van der Waals surface area contributed by atoms with E-state index in [2.05, 4.69) is 29.6 Å². The van der Waals surface area contributed by atoms with Crippen LogP contribution in [0.1, 0.15) is 46.1 Å². The second kappa shape index (κ2) is 6.45. The van der Waals surface area contributed by atoms with Crippen LogP contribution in [0.4, 0.5) is 0 Å². The van der Waals surface area contributed by atoms with Crippen molar-refractivity contribution in [3.63, 3.8) is 0 Å². The summed E-state index contributed by atoms with van der Waals surface area (Å²) in [6, 6.07) is 14.8. The molecule has 1 fully saturated rings. The molecule has 1 aliphatic rings. The zero-order chi connectivity index (χ0) is 18.3. The number of aryl methyl sites for hydroxylation is 2. The van der Waals surface area contributed by atoms with Gasteiger partial charge in [0.2, 0.25) is 0 Å². The third-order valence-electron chi connectivity index (χ3n) is 4.92. The molecular formula is C22H21NO3. The SMILES string of the molecule is Cc1ccc([C@H](NC(=O)c2cc(=O)c3cc(C)ccc3o2)C2CC2)cc1. The molecule has 132 valence electrons. The van der Waals surface area contributed by atoms with Crippen LogP contribution in [0, 0.1) is 19.8 Å². The van der Waals surface area contributed by atoms with Crippen molar-refractivity contribution >= 4 is 16.9 Å². The summed E-state index contributed by atoms with van der Waals surface area (Å²) in [5.41, 5.74) is 3.50. The summed E-state index contributed by atoms with van der Waals surface area (Å²) in [7, 11) is 0. The Morgan fingerprint density at radius 1 is 1.04 bits per heavy atom. The average molecular weight is 347 g/mol. The molecule has 2 aromatic carbocycles. The van der Waals surface area contributed by atoms with E-state index in [4.69, 9.17) is 4.42 Å². The molecule has 1 heterocycles. The van der Waals surface area contributed by atoms with E-state index in [0.29, 0.717) is 16.9 Å². The number of hydrogen-bond donors (Lipinski definition) is 1. The Morgan fingerprint density at radius 2 is 1.73 bits per heavy atom. The third kappa shape index (κ3) is 3.27. The zero-order valence-corrected chi connectivity index (χ0v) is 14.9. The Morgan fingerprint density at radius 3 is 2.42 bits per heavy atom. The molecule has 1 saturated carbocycles. The van der Waals surface area contributed by atoms with E-state index in [0.717, 1.165) is 24.0 Å². The smallest absolute Gasteiger partial charge is 0.287 e. The zero-order valence-electron chi connectivity index (χ0n) is 14.9. The fraction of sp³-hybridized carbons (Fsp3) is 0.273. The summed E-state index contributed by atoms with van der Waals surface area (Å²) >= 11 is 0. The van der Waals surface area contributed by atoms with Gasteiger partial charge in [-0.05, 0) is 50.3 Å². The van der Waals surface area contributed by atoms with Crippen LogP contribution in [0.2, 0.25) is 0 Å². The lowest BCUT2D eigenvalue weighted by atomic mass is 10.0. The van der Waals surface area contributed by atoms with Gasteiger partial charge in [-0.15, -0.1) is 0 Å². The summed E-state index contributed by atoms with van der Waals surface area (Å²) in [4.78, 5) is 25.1. The van der Waals surface area contributed by atoms with Crippen LogP contribution in [0.15, 0.2) is 57.7 Å². The van der Waals surface area contributed by atoms with Gasteiger partial charge < -0.3 is 9.73 Å². The molecule has 1 aliphatic carbocycles. The van der Waals surface area contributed by atoms with Crippen LogP contribution in [-0.2, 0) is 0 Å². The Balaban J connectivity index is 1.64. The van der Waals surface area contributed by atoms with Gasteiger partial charge in [0.15, 0.2) is 11.2 Å². The maximum absolute atomic E-state index is 12.7. The maximum Gasteiger partial charge on any atom is 0.287 e. The summed E-state index contributed by atoms with van der Waals surface area (Å²) in [5, 5.41) is 3.56. The van der Waals surface area contributed by atoms with Gasteiger partial charge in [-0.2, -0.15) is 0 Å². The van der Waals surface area contributed by atoms with Gasteiger partial charge in [-0.25, -0.2) is 0 Å². The van der Waals surface area contributed by atoms with Crippen LogP contribution in [0.25, 0.3) is 11.0 Å². The molecule has 4 heteroatoms. The largest absolute Gasteiger partial charge is 0.451 e. The Bertz CT molecular complexity index is 1030. The summed E-state index contributed by atoms with van der Waals surface area (Å²) < 4.78 is 5.70. The topological polar surface area (TPSA) is 59.3 Å². The molecule has 0 bridgehead atoms. The third-order valence-corrected chi connectivity index (χ3v) is 4.92. The number of amides is 1. The van der Waals surface area contributed by atoms with Crippen molar-refractivity contribution in [2.24, 2.45) is 5.92 Å². The first kappa shape index (κ1) is 16.6. The number of hydrogen-bond acceptors (Lipinski definition) is 3. The highest BCUT2D eigenvalue weighted by Crippen LogP contribution is 2.41. The molecule has 4 nitrogen and oxygen atoms in total. The molecular weight excluding hydrogens is 326 g/mol. The highest BCUT2D eigenvalue weighted by Gasteiger charge is 2.34. The molecule has 0 saturated heterocycles. The molecule has 0 radical (unpaired) electrons. The van der Waals surface area contributed by atoms with Crippen molar-refractivity contribution in [1.82, 2.24) is 5.32 Å². The quantitative estimate of drug-likeness (QED) is 0.766. The van der Waals surface area contributed by atoms with Gasteiger partial charge in [-0.1, -0.05) is 41.5 Å². The van der Waals surface area contributed by atoms with Gasteiger partial charge in [-0.3, -0.25) is 9.59 Å². The highest BCUT2D eigenvalue weighted by atomic mass is 16.3. The molecule has 3 aromatic rings. The molecule has 4 rings (SSSR count). The fourth-order valence-corrected chi connectivity index (χ4v) is 3.27. The predicted molar refractivity (Wildman–Crippen MR) is 101 cm³/mol. The van der Waals surface area contributed by atoms with Crippen molar-refractivity contribution in [1.29, 1.82) is 0 Å². The van der Waals surface area contributed by atoms with Crippen LogP contribution in [0.3, 0.4) is 0 Å². The molecule has 26 heavy (non-hydrogen) atoms. The van der Waals surface area contributed by atoms with Crippen LogP contribution in [0.5, 0.6) is 0 Å². The number of carbonyl (C=O) groups is 1. The van der Waals surface area contributed by atoms with Crippen LogP contribution in [-0.4, -0.2) is 5.91 Å². The number of nitrogens with one attached hydrogen (secondary N) is 1. The summed E-state index contributed by atoms with van der Waals surface area (Å²) in [5.74, 6) is 0.155. The van der Waals surface area contributed by atoms with Crippen molar-refractivity contribution in [2.45, 2.75) is 32.7 Å². The van der Waals surface area contributed by atoms with E-state index in [1.807, 2.05) is 19.9 Å². The maximum atomic E-state index is 12.7. The van der Waals surface area contributed by atoms with Crippen molar-refractivity contribution < 1.29 is 9.21 Å². The van der Waals surface area contributed by atoms with E-state index in [-0.39, 0.29) is 23.1 Å². The number of rotatable bonds is 4. The van der Waals surface area contributed by atoms with Gasteiger partial charge in [0.25, 0.3) is 5.91 Å². The molecule has 1 aromatic heterocycles. The van der Waals surface area contributed by atoms with Gasteiger partial charge >= 0.3 is 0 Å². The van der Waals surface area contributed by atoms with E-state index in [1.54, 1.807) is 12.1 Å². The Hall–Kier alpha value is -2.88. The number of fused-ring (bicyclic) bond motifs is 1. The van der Waals surface area contributed by atoms with Gasteiger partial charge in [0.1, 0.15) is 5.58 Å². The van der Waals surface area contributed by atoms with Gasteiger partial charge in [0.05, 0.1) is 11.4 Å². The summed E-state index contributed by atoms with van der Waals surface area (Å²) in [6.45, 7) is 3.96. The molecule has 0 unspecified atom stereocenters. The lowest BCUT2D eigenvalue weighted by Crippen LogP contribution is -2.30. The number of carbonyl (C=O) groups excluding carboxylic acids is 1. The van der Waals surface area contributed by atoms with E-state index < -0.39 is 0 Å². The van der Waals surface area contributed by atoms with Crippen molar-refractivity contribution in [3.8, 4) is 0 Å². The molecule has 0 aliphatic heterocycles. The normalized spacial score (nSPS) is 15.0. The van der Waals surface area contributed by atoms with Gasteiger partial charge in [0, 0.05) is 6.07 Å². The van der Waals surface area contributed by atoms with Crippen LogP contribution >= 0.6 is 0 Å². The first-order chi connectivity index (χ1) is 12.5. The molecule has 1 amide bonds. The average Bonchev–Trinajstić information content (AvgIpc) is 3.46. The standard InChI is InChI=1S/C22H21NO3/c1-13-3-6-15(7-4-13)21(16-8-9-16)23-22(25)20-12-18(24)17-11-14(2)5-10-19(17)26-20/h3-7,10-12,16,21H,8-9H2,1-2H3,(H,23,25)/t21-/m0/s1. The van der Waals surface area contributed by atoms with E-state index in [9.17, 15) is 9.59 Å².